The molecular formula is C18H9F5PSe+. The normalized spacial score (nSPS) is 11.5. The average molecular weight is 430 g/mol. The van der Waals surface area contributed by atoms with Gasteiger partial charge in [-0.2, -0.15) is 0 Å². The quantitative estimate of drug-likeness (QED) is 0.188. The van der Waals surface area contributed by atoms with Crippen LogP contribution < -0.4 is 10.6 Å². The molecule has 0 aliphatic carbocycles. The van der Waals surface area contributed by atoms with E-state index in [0.717, 1.165) is 5.30 Å². The molecule has 1 atom stereocenters. The van der Waals surface area contributed by atoms with Gasteiger partial charge in [0, 0.05) is 0 Å². The number of rotatable bonds is 3. The number of halogens is 5. The van der Waals surface area contributed by atoms with Gasteiger partial charge in [-0.1, -0.05) is 0 Å². The SMILES string of the molecule is Fc1c(F)c(F)c(-c2ccccc2[P+](=[Se])c2ccccc2)c(F)c1F. The Morgan fingerprint density at radius 1 is 0.600 bits per heavy atom. The standard InChI is InChI=1S/C18H9F5PSe/c19-14-13(15(20)17(22)18(23)16(14)21)11-8-4-5-9-12(11)24(25)10-6-2-1-3-7-10/h1-9H/q+1. The summed E-state index contributed by atoms with van der Waals surface area (Å²) in [5.41, 5.74) is -0.935. The van der Waals surface area contributed by atoms with Gasteiger partial charge in [0.1, 0.15) is 0 Å². The molecule has 0 nitrogen and oxygen atoms in total. The summed E-state index contributed by atoms with van der Waals surface area (Å²) in [4.78, 5) is 0. The second-order valence-electron chi connectivity index (χ2n) is 5.09. The van der Waals surface area contributed by atoms with E-state index in [1.54, 1.807) is 12.1 Å². The fourth-order valence-electron chi connectivity index (χ4n) is 2.41. The van der Waals surface area contributed by atoms with Crippen LogP contribution in [0.2, 0.25) is 0 Å². The number of hydrogen-bond donors (Lipinski definition) is 0. The molecule has 3 rings (SSSR count). The first kappa shape index (κ1) is 17.9. The van der Waals surface area contributed by atoms with Crippen molar-refractivity contribution in [3.63, 3.8) is 0 Å². The van der Waals surface area contributed by atoms with Gasteiger partial charge < -0.3 is 0 Å². The van der Waals surface area contributed by atoms with Crippen LogP contribution in [0.5, 0.6) is 0 Å². The van der Waals surface area contributed by atoms with Gasteiger partial charge in [0.15, 0.2) is 0 Å². The van der Waals surface area contributed by atoms with Gasteiger partial charge >= 0.3 is 149 Å². The van der Waals surface area contributed by atoms with Crippen molar-refractivity contribution in [2.45, 2.75) is 0 Å². The van der Waals surface area contributed by atoms with Crippen molar-refractivity contribution in [2.24, 2.45) is 0 Å². The molecule has 3 aromatic carbocycles. The molecule has 0 heterocycles. The predicted octanol–water partition coefficient (Wildman–Crippen LogP) is 4.57. The van der Waals surface area contributed by atoms with Gasteiger partial charge in [-0.15, -0.1) is 0 Å². The van der Waals surface area contributed by atoms with Gasteiger partial charge in [0.2, 0.25) is 0 Å². The van der Waals surface area contributed by atoms with Crippen LogP contribution in [0.4, 0.5) is 22.0 Å². The van der Waals surface area contributed by atoms with Crippen LogP contribution >= 0.6 is 6.17 Å². The molecule has 1 unspecified atom stereocenters. The molecule has 0 radical (unpaired) electrons. The van der Waals surface area contributed by atoms with Crippen molar-refractivity contribution in [2.75, 3.05) is 0 Å². The molecule has 0 aliphatic heterocycles. The van der Waals surface area contributed by atoms with E-state index in [1.165, 1.54) is 12.1 Å². The Morgan fingerprint density at radius 3 is 1.68 bits per heavy atom. The summed E-state index contributed by atoms with van der Waals surface area (Å²) in [6.07, 6.45) is -1.16. The zero-order valence-corrected chi connectivity index (χ0v) is 15.0. The zero-order valence-electron chi connectivity index (χ0n) is 12.4. The molecule has 0 amide bonds. The molecule has 0 bridgehead atoms. The Kier molecular flexibility index (Phi) is 5.14. The summed E-state index contributed by atoms with van der Waals surface area (Å²) in [5.74, 6) is -9.73. The second-order valence-corrected chi connectivity index (χ2v) is 8.98. The van der Waals surface area contributed by atoms with E-state index in [2.05, 4.69) is 15.1 Å². The van der Waals surface area contributed by atoms with Crippen molar-refractivity contribution >= 4 is 31.9 Å². The molecular weight excluding hydrogens is 421 g/mol. The van der Waals surface area contributed by atoms with Crippen LogP contribution in [-0.2, 0) is 0 Å². The molecule has 0 aromatic heterocycles. The molecule has 3 aromatic rings. The Balaban J connectivity index is 2.27. The van der Waals surface area contributed by atoms with Crippen molar-refractivity contribution in [1.29, 1.82) is 0 Å². The third-order valence-electron chi connectivity index (χ3n) is 3.59. The van der Waals surface area contributed by atoms with E-state index >= 15 is 0 Å². The first-order chi connectivity index (χ1) is 11.9. The van der Waals surface area contributed by atoms with Crippen LogP contribution in [0.15, 0.2) is 54.6 Å². The molecule has 0 N–H and O–H groups in total. The molecule has 0 spiro atoms. The maximum absolute atomic E-state index is 14.2. The van der Waals surface area contributed by atoms with E-state index in [0.29, 0.717) is 5.30 Å². The first-order valence-corrected chi connectivity index (χ1v) is 10.6. The van der Waals surface area contributed by atoms with E-state index in [9.17, 15) is 22.0 Å². The molecule has 25 heavy (non-hydrogen) atoms. The summed E-state index contributed by atoms with van der Waals surface area (Å²) in [7, 11) is 0. The monoisotopic (exact) mass is 431 g/mol. The summed E-state index contributed by atoms with van der Waals surface area (Å²) in [6, 6.07) is 15.2. The van der Waals surface area contributed by atoms with E-state index < -0.39 is 40.8 Å². The Morgan fingerprint density at radius 2 is 1.08 bits per heavy atom. The third-order valence-corrected chi connectivity index (χ3v) is 7.75. The maximum atomic E-state index is 14.2. The van der Waals surface area contributed by atoms with E-state index in [1.807, 2.05) is 30.3 Å². The van der Waals surface area contributed by atoms with E-state index in [-0.39, 0.29) is 5.56 Å². The summed E-state index contributed by atoms with van der Waals surface area (Å²) >= 11 is 2.96. The van der Waals surface area contributed by atoms with Crippen LogP contribution in [0, 0.1) is 29.1 Å². The first-order valence-electron chi connectivity index (χ1n) is 7.06. The molecule has 0 saturated heterocycles. The van der Waals surface area contributed by atoms with Crippen molar-refractivity contribution in [3.8, 4) is 11.1 Å². The topological polar surface area (TPSA) is 0 Å². The van der Waals surface area contributed by atoms with Gasteiger partial charge in [-0.3, -0.25) is 0 Å². The van der Waals surface area contributed by atoms with Crippen LogP contribution in [0.1, 0.15) is 0 Å². The van der Waals surface area contributed by atoms with Gasteiger partial charge in [0.05, 0.1) is 0 Å². The fourth-order valence-corrected chi connectivity index (χ4v) is 5.52. The van der Waals surface area contributed by atoms with Crippen LogP contribution in [-0.4, -0.2) is 15.1 Å². The van der Waals surface area contributed by atoms with Crippen molar-refractivity contribution in [1.82, 2.24) is 0 Å². The zero-order chi connectivity index (χ0) is 18.1. The van der Waals surface area contributed by atoms with Gasteiger partial charge in [0.25, 0.3) is 0 Å². The average Bonchev–Trinajstić information content (AvgIpc) is 2.65. The Bertz CT molecular complexity index is 944. The molecule has 0 fully saturated rings. The Hall–Kier alpha value is -1.87. The van der Waals surface area contributed by atoms with Crippen molar-refractivity contribution in [3.05, 3.63) is 83.7 Å². The number of benzene rings is 3. The predicted molar refractivity (Wildman–Crippen MR) is 90.1 cm³/mol. The molecule has 7 heteroatoms. The molecule has 0 saturated carbocycles. The third kappa shape index (κ3) is 3.18. The van der Waals surface area contributed by atoms with E-state index in [4.69, 9.17) is 0 Å². The minimum atomic E-state index is -2.16. The fraction of sp³-hybridized carbons (Fsp3) is 0. The van der Waals surface area contributed by atoms with Crippen LogP contribution in [0.3, 0.4) is 0 Å². The van der Waals surface area contributed by atoms with Crippen molar-refractivity contribution < 1.29 is 22.0 Å². The summed E-state index contributed by atoms with van der Waals surface area (Å²) in [6.45, 7) is 0. The van der Waals surface area contributed by atoms with Gasteiger partial charge in [-0.25, -0.2) is 0 Å². The Labute approximate surface area is 148 Å². The molecule has 126 valence electrons. The molecule has 0 aliphatic rings. The van der Waals surface area contributed by atoms with Gasteiger partial charge in [-0.05, 0) is 0 Å². The second kappa shape index (κ2) is 7.17. The van der Waals surface area contributed by atoms with Crippen LogP contribution in [0.25, 0.3) is 11.1 Å². The summed E-state index contributed by atoms with van der Waals surface area (Å²) < 4.78 is 68.9. The minimum absolute atomic E-state index is 0.0241. The number of hydrogen-bond acceptors (Lipinski definition) is 0. The summed E-state index contributed by atoms with van der Waals surface area (Å²) in [5, 5.41) is 1.35.